The Labute approximate surface area is 308 Å². The van der Waals surface area contributed by atoms with Crippen molar-refractivity contribution in [3.05, 3.63) is 86.4 Å². The zero-order valence-corrected chi connectivity index (χ0v) is 30.4. The molecule has 52 heavy (non-hydrogen) atoms. The normalized spacial score (nSPS) is 17.8. The van der Waals surface area contributed by atoms with E-state index < -0.39 is 23.7 Å². The van der Waals surface area contributed by atoms with E-state index >= 15 is 4.39 Å². The third-order valence-electron chi connectivity index (χ3n) is 9.77. The molecule has 4 aromatic rings. The number of halogens is 2. The number of fused-ring (bicyclic) bond motifs is 1. The molecular weight excluding hydrogens is 709 g/mol. The van der Waals surface area contributed by atoms with Crippen LogP contribution in [0.15, 0.2) is 42.6 Å². The standard InChI is InChI=1S/C36H37ClFN9O4S/c1-19-5-4-6-25(37)32(19)44-34(50)28-16-39-36(52-28)42-29-15-30(41-20(2)40-29)46-11-9-23(10-12-46)45(3)17-22-13-21-18-47(35(51)24(21)14-26(22)38)27-7-8-31(48)43-33(27)49/h4-6,13-16,23,27H,7-12,17-18H2,1-3H3,(H,44,50)(H,43,48,49)(H,39,40,41,42). The summed E-state index contributed by atoms with van der Waals surface area (Å²) >= 11 is 7.48. The van der Waals surface area contributed by atoms with Gasteiger partial charge in [-0.25, -0.2) is 19.3 Å². The minimum Gasteiger partial charge on any atom is -0.356 e. The number of aromatic nitrogens is 3. The summed E-state index contributed by atoms with van der Waals surface area (Å²) in [5.41, 5.74) is 2.86. The number of para-hydroxylation sites is 1. The van der Waals surface area contributed by atoms with Crippen molar-refractivity contribution in [1.29, 1.82) is 0 Å². The van der Waals surface area contributed by atoms with Crippen LogP contribution >= 0.6 is 22.9 Å². The highest BCUT2D eigenvalue weighted by atomic mass is 35.5. The van der Waals surface area contributed by atoms with Gasteiger partial charge in [-0.3, -0.25) is 29.4 Å². The summed E-state index contributed by atoms with van der Waals surface area (Å²) in [6, 6.07) is 9.75. The van der Waals surface area contributed by atoms with Gasteiger partial charge in [-0.1, -0.05) is 35.1 Å². The minimum absolute atomic E-state index is 0.162. The molecule has 3 N–H and O–H groups in total. The highest BCUT2D eigenvalue weighted by Crippen LogP contribution is 2.32. The predicted molar refractivity (Wildman–Crippen MR) is 195 cm³/mol. The molecular formula is C36H37ClFN9O4S. The van der Waals surface area contributed by atoms with Crippen LogP contribution in [-0.4, -0.2) is 80.6 Å². The van der Waals surface area contributed by atoms with E-state index in [1.54, 1.807) is 12.1 Å². The Morgan fingerprint density at radius 1 is 1.12 bits per heavy atom. The van der Waals surface area contributed by atoms with Gasteiger partial charge < -0.3 is 20.4 Å². The zero-order chi connectivity index (χ0) is 36.7. The van der Waals surface area contributed by atoms with Crippen LogP contribution in [0.1, 0.15) is 68.2 Å². The van der Waals surface area contributed by atoms with E-state index in [0.29, 0.717) is 50.0 Å². The Balaban J connectivity index is 0.950. The van der Waals surface area contributed by atoms with Crippen LogP contribution in [0.25, 0.3) is 0 Å². The lowest BCUT2D eigenvalue weighted by molar-refractivity contribution is -0.136. The lowest BCUT2D eigenvalue weighted by atomic mass is 10.0. The van der Waals surface area contributed by atoms with Crippen LogP contribution in [0, 0.1) is 19.7 Å². The Morgan fingerprint density at radius 2 is 1.90 bits per heavy atom. The monoisotopic (exact) mass is 745 g/mol. The largest absolute Gasteiger partial charge is 0.356 e. The molecule has 0 aliphatic carbocycles. The number of carbonyl (C=O) groups is 4. The maximum Gasteiger partial charge on any atom is 0.267 e. The number of anilines is 4. The number of rotatable bonds is 9. The summed E-state index contributed by atoms with van der Waals surface area (Å²) in [7, 11) is 1.98. The summed E-state index contributed by atoms with van der Waals surface area (Å²) in [6.07, 6.45) is 3.58. The Hall–Kier alpha value is -4.99. The van der Waals surface area contributed by atoms with Gasteiger partial charge in [0, 0.05) is 55.8 Å². The second-order valence-corrected chi connectivity index (χ2v) is 14.8. The van der Waals surface area contributed by atoms with E-state index in [1.807, 2.05) is 39.1 Å². The maximum absolute atomic E-state index is 15.3. The van der Waals surface area contributed by atoms with Crippen LogP contribution in [0.5, 0.6) is 0 Å². The summed E-state index contributed by atoms with van der Waals surface area (Å²) in [4.78, 5) is 69.8. The smallest absolute Gasteiger partial charge is 0.267 e. The van der Waals surface area contributed by atoms with Crippen molar-refractivity contribution in [3.8, 4) is 0 Å². The molecule has 2 aromatic carbocycles. The van der Waals surface area contributed by atoms with Gasteiger partial charge in [-0.2, -0.15) is 0 Å². The molecule has 3 aliphatic heterocycles. The van der Waals surface area contributed by atoms with E-state index in [4.69, 9.17) is 11.6 Å². The van der Waals surface area contributed by atoms with Crippen LogP contribution in [0.4, 0.5) is 26.8 Å². The maximum atomic E-state index is 15.3. The molecule has 7 rings (SSSR count). The first-order valence-electron chi connectivity index (χ1n) is 17.0. The molecule has 3 aliphatic rings. The number of thiazole rings is 1. The summed E-state index contributed by atoms with van der Waals surface area (Å²) < 4.78 is 15.3. The highest BCUT2D eigenvalue weighted by Gasteiger charge is 2.39. The minimum atomic E-state index is -0.744. The summed E-state index contributed by atoms with van der Waals surface area (Å²) in [5.74, 6) is -0.0735. The second kappa shape index (κ2) is 14.6. The van der Waals surface area contributed by atoms with Gasteiger partial charge in [0.15, 0.2) is 5.13 Å². The van der Waals surface area contributed by atoms with E-state index in [0.717, 1.165) is 37.3 Å². The third-order valence-corrected chi connectivity index (χ3v) is 11.0. The Kier molecular flexibility index (Phi) is 9.92. The van der Waals surface area contributed by atoms with Gasteiger partial charge in [0.25, 0.3) is 11.8 Å². The quantitative estimate of drug-likeness (QED) is 0.195. The first-order valence-corrected chi connectivity index (χ1v) is 18.2. The number of amides is 4. The lowest BCUT2D eigenvalue weighted by Gasteiger charge is -2.37. The van der Waals surface area contributed by atoms with Gasteiger partial charge in [0.05, 0.1) is 16.9 Å². The van der Waals surface area contributed by atoms with Gasteiger partial charge in [0.1, 0.15) is 34.2 Å². The fraction of sp³-hybridized carbons (Fsp3) is 0.361. The molecule has 2 aromatic heterocycles. The summed E-state index contributed by atoms with van der Waals surface area (Å²) in [6.45, 7) is 5.73. The zero-order valence-electron chi connectivity index (χ0n) is 28.8. The topological polar surface area (TPSA) is 153 Å². The molecule has 0 bridgehead atoms. The fourth-order valence-electron chi connectivity index (χ4n) is 6.98. The highest BCUT2D eigenvalue weighted by molar-refractivity contribution is 7.17. The molecule has 1 unspecified atom stereocenters. The molecule has 2 fully saturated rings. The average Bonchev–Trinajstić information content (AvgIpc) is 3.70. The molecule has 0 spiro atoms. The van der Waals surface area contributed by atoms with Gasteiger partial charge in [0.2, 0.25) is 11.8 Å². The van der Waals surface area contributed by atoms with Crippen molar-refractivity contribution in [2.24, 2.45) is 0 Å². The number of nitrogens with zero attached hydrogens (tertiary/aromatic N) is 6. The van der Waals surface area contributed by atoms with Crippen LogP contribution in [0.3, 0.4) is 0 Å². The number of carbonyl (C=O) groups excluding carboxylic acids is 4. The number of imide groups is 1. The van der Waals surface area contributed by atoms with Crippen LogP contribution in [0.2, 0.25) is 5.02 Å². The van der Waals surface area contributed by atoms with E-state index in [1.165, 1.54) is 28.5 Å². The number of hydrogen-bond acceptors (Lipinski definition) is 11. The third kappa shape index (κ3) is 7.34. The number of hydrogen-bond donors (Lipinski definition) is 3. The Morgan fingerprint density at radius 3 is 2.65 bits per heavy atom. The first-order chi connectivity index (χ1) is 24.9. The first kappa shape index (κ1) is 35.4. The number of aryl methyl sites for hydroxylation is 2. The van der Waals surface area contributed by atoms with Crippen LogP contribution in [-0.2, 0) is 22.7 Å². The van der Waals surface area contributed by atoms with Gasteiger partial charge in [-0.05, 0) is 69.5 Å². The SMILES string of the molecule is Cc1nc(Nc2ncc(C(=O)Nc3c(C)cccc3Cl)s2)cc(N2CCC(N(C)Cc3cc4c(cc3F)C(=O)N(C3CCC(=O)NC3=O)C4)CC2)n1. The number of benzene rings is 2. The van der Waals surface area contributed by atoms with E-state index in [9.17, 15) is 19.2 Å². The molecule has 13 nitrogen and oxygen atoms in total. The van der Waals surface area contributed by atoms with Crippen molar-refractivity contribution in [1.82, 2.24) is 30.1 Å². The van der Waals surface area contributed by atoms with E-state index in [-0.39, 0.29) is 42.8 Å². The van der Waals surface area contributed by atoms with Crippen molar-refractivity contribution in [2.45, 2.75) is 64.7 Å². The molecule has 1 atom stereocenters. The van der Waals surface area contributed by atoms with Crippen molar-refractivity contribution in [2.75, 3.05) is 35.7 Å². The molecule has 16 heteroatoms. The molecule has 0 radical (unpaired) electrons. The molecule has 4 amide bonds. The van der Waals surface area contributed by atoms with E-state index in [2.05, 4.69) is 40.7 Å². The van der Waals surface area contributed by atoms with Gasteiger partial charge >= 0.3 is 0 Å². The second-order valence-electron chi connectivity index (χ2n) is 13.3. The molecule has 2 saturated heterocycles. The van der Waals surface area contributed by atoms with Crippen molar-refractivity contribution >= 4 is 69.0 Å². The molecule has 5 heterocycles. The molecule has 270 valence electrons. The number of piperidine rings is 2. The lowest BCUT2D eigenvalue weighted by Crippen LogP contribution is -2.52. The molecule has 0 saturated carbocycles. The summed E-state index contributed by atoms with van der Waals surface area (Å²) in [5, 5.41) is 9.35. The van der Waals surface area contributed by atoms with Crippen molar-refractivity contribution in [3.63, 3.8) is 0 Å². The van der Waals surface area contributed by atoms with Gasteiger partial charge in [-0.15, -0.1) is 0 Å². The fourth-order valence-corrected chi connectivity index (χ4v) is 7.97. The predicted octanol–water partition coefficient (Wildman–Crippen LogP) is 5.20. The van der Waals surface area contributed by atoms with Crippen LogP contribution < -0.4 is 20.9 Å². The number of nitrogens with one attached hydrogen (secondary N) is 3. The Bertz CT molecular complexity index is 2070. The average molecular weight is 746 g/mol. The van der Waals surface area contributed by atoms with Crippen molar-refractivity contribution < 1.29 is 23.6 Å².